The minimum Gasteiger partial charge on any atom is -0.0616 e. The SMILES string of the molecule is CC(C)c1cccc2ccccc12.CC(C)c1cccc2ccccc12. The molecule has 0 fully saturated rings. The van der Waals surface area contributed by atoms with E-state index in [-0.39, 0.29) is 0 Å². The molecule has 0 saturated heterocycles. The zero-order valence-electron chi connectivity index (χ0n) is 16.2. The Labute approximate surface area is 157 Å². The largest absolute Gasteiger partial charge is 0.0616 e. The summed E-state index contributed by atoms with van der Waals surface area (Å²) in [6.45, 7) is 8.95. The Morgan fingerprint density at radius 2 is 0.769 bits per heavy atom. The van der Waals surface area contributed by atoms with Crippen LogP contribution >= 0.6 is 0 Å². The van der Waals surface area contributed by atoms with Gasteiger partial charge in [-0.25, -0.2) is 0 Å². The lowest BCUT2D eigenvalue weighted by atomic mass is 9.96. The van der Waals surface area contributed by atoms with Gasteiger partial charge >= 0.3 is 0 Å². The van der Waals surface area contributed by atoms with Gasteiger partial charge in [0, 0.05) is 0 Å². The van der Waals surface area contributed by atoms with Crippen LogP contribution in [0.25, 0.3) is 21.5 Å². The Kier molecular flexibility index (Phi) is 5.73. The summed E-state index contributed by atoms with van der Waals surface area (Å²) >= 11 is 0. The molecule has 4 aromatic rings. The normalized spacial score (nSPS) is 11.0. The van der Waals surface area contributed by atoms with E-state index >= 15 is 0 Å². The predicted molar refractivity (Wildman–Crippen MR) is 116 cm³/mol. The molecule has 0 aliphatic rings. The van der Waals surface area contributed by atoms with Crippen molar-refractivity contribution in [3.05, 3.63) is 96.1 Å². The second kappa shape index (κ2) is 8.19. The quantitative estimate of drug-likeness (QED) is 0.347. The third-order valence-corrected chi connectivity index (χ3v) is 4.89. The van der Waals surface area contributed by atoms with Gasteiger partial charge in [0.1, 0.15) is 0 Å². The van der Waals surface area contributed by atoms with Crippen molar-refractivity contribution in [2.45, 2.75) is 39.5 Å². The topological polar surface area (TPSA) is 0 Å². The molecule has 0 aromatic heterocycles. The number of hydrogen-bond donors (Lipinski definition) is 0. The maximum absolute atomic E-state index is 2.24. The highest BCUT2D eigenvalue weighted by Crippen LogP contribution is 2.25. The molecular formula is C26H28. The van der Waals surface area contributed by atoms with E-state index in [9.17, 15) is 0 Å². The van der Waals surface area contributed by atoms with Gasteiger partial charge in [-0.1, -0.05) is 113 Å². The number of benzene rings is 4. The highest BCUT2D eigenvalue weighted by atomic mass is 14.1. The Balaban J connectivity index is 0.000000151. The zero-order valence-corrected chi connectivity index (χ0v) is 16.2. The van der Waals surface area contributed by atoms with Crippen molar-refractivity contribution in [2.75, 3.05) is 0 Å². The van der Waals surface area contributed by atoms with Gasteiger partial charge in [-0.3, -0.25) is 0 Å². The van der Waals surface area contributed by atoms with Crippen LogP contribution in [0.2, 0.25) is 0 Å². The molecule has 0 radical (unpaired) electrons. The van der Waals surface area contributed by atoms with E-state index in [2.05, 4.69) is 113 Å². The summed E-state index contributed by atoms with van der Waals surface area (Å²) in [6.07, 6.45) is 0. The fraction of sp³-hybridized carbons (Fsp3) is 0.231. The lowest BCUT2D eigenvalue weighted by Crippen LogP contribution is -1.88. The molecule has 0 aliphatic carbocycles. The van der Waals surface area contributed by atoms with E-state index < -0.39 is 0 Å². The first-order valence-electron chi connectivity index (χ1n) is 9.53. The van der Waals surface area contributed by atoms with Crippen LogP contribution in [0.1, 0.15) is 50.7 Å². The van der Waals surface area contributed by atoms with Gasteiger partial charge in [-0.05, 0) is 44.5 Å². The van der Waals surface area contributed by atoms with Crippen LogP contribution in [-0.2, 0) is 0 Å². The van der Waals surface area contributed by atoms with Crippen LogP contribution < -0.4 is 0 Å². The summed E-state index contributed by atoms with van der Waals surface area (Å²) in [5.74, 6) is 1.21. The van der Waals surface area contributed by atoms with E-state index in [1.54, 1.807) is 0 Å². The lowest BCUT2D eigenvalue weighted by Gasteiger charge is -2.08. The van der Waals surface area contributed by atoms with Crippen LogP contribution in [-0.4, -0.2) is 0 Å². The summed E-state index contributed by atoms with van der Waals surface area (Å²) < 4.78 is 0. The van der Waals surface area contributed by atoms with E-state index in [0.29, 0.717) is 11.8 Å². The van der Waals surface area contributed by atoms with E-state index in [4.69, 9.17) is 0 Å². The third kappa shape index (κ3) is 3.96. The molecule has 0 nitrogen and oxygen atoms in total. The molecule has 4 rings (SSSR count). The van der Waals surface area contributed by atoms with Crippen molar-refractivity contribution in [1.82, 2.24) is 0 Å². The summed E-state index contributed by atoms with van der Waals surface area (Å²) in [6, 6.07) is 30.2. The third-order valence-electron chi connectivity index (χ3n) is 4.89. The summed E-state index contributed by atoms with van der Waals surface area (Å²) in [4.78, 5) is 0. The fourth-order valence-electron chi connectivity index (χ4n) is 3.51. The molecule has 132 valence electrons. The molecule has 0 bridgehead atoms. The maximum Gasteiger partial charge on any atom is -0.0149 e. The van der Waals surface area contributed by atoms with E-state index in [1.807, 2.05) is 0 Å². The van der Waals surface area contributed by atoms with Crippen LogP contribution in [0.4, 0.5) is 0 Å². The highest BCUT2D eigenvalue weighted by Gasteiger charge is 2.03. The molecule has 0 heterocycles. The first-order chi connectivity index (χ1) is 12.6. The molecule has 4 aromatic carbocycles. The Morgan fingerprint density at radius 3 is 1.15 bits per heavy atom. The molecule has 0 N–H and O–H groups in total. The zero-order chi connectivity index (χ0) is 18.5. The molecular weight excluding hydrogens is 312 g/mol. The van der Waals surface area contributed by atoms with E-state index in [0.717, 1.165) is 0 Å². The van der Waals surface area contributed by atoms with Gasteiger partial charge in [0.25, 0.3) is 0 Å². The molecule has 0 atom stereocenters. The van der Waals surface area contributed by atoms with Crippen molar-refractivity contribution in [1.29, 1.82) is 0 Å². The van der Waals surface area contributed by atoms with Crippen molar-refractivity contribution in [2.24, 2.45) is 0 Å². The van der Waals surface area contributed by atoms with E-state index in [1.165, 1.54) is 32.7 Å². The first-order valence-corrected chi connectivity index (χ1v) is 9.53. The van der Waals surface area contributed by atoms with Crippen molar-refractivity contribution < 1.29 is 0 Å². The smallest absolute Gasteiger partial charge is 0.0149 e. The molecule has 0 heteroatoms. The minimum atomic E-state index is 0.603. The molecule has 0 saturated carbocycles. The molecule has 0 unspecified atom stereocenters. The molecule has 26 heavy (non-hydrogen) atoms. The van der Waals surface area contributed by atoms with Gasteiger partial charge in [-0.2, -0.15) is 0 Å². The first kappa shape index (κ1) is 18.2. The average molecular weight is 341 g/mol. The predicted octanol–water partition coefficient (Wildman–Crippen LogP) is 7.93. The van der Waals surface area contributed by atoms with Gasteiger partial charge in [-0.15, -0.1) is 0 Å². The average Bonchev–Trinajstić information content (AvgIpc) is 2.67. The maximum atomic E-state index is 2.24. The highest BCUT2D eigenvalue weighted by molar-refractivity contribution is 5.86. The standard InChI is InChI=1S/2C13H14/c2*1-10(2)12-9-5-7-11-6-3-4-8-13(11)12/h2*3-10H,1-2H3. The van der Waals surface area contributed by atoms with Crippen LogP contribution in [0, 0.1) is 0 Å². The Bertz CT molecular complexity index is 899. The minimum absolute atomic E-state index is 0.603. The summed E-state index contributed by atoms with van der Waals surface area (Å²) in [5.41, 5.74) is 2.89. The van der Waals surface area contributed by atoms with Gasteiger partial charge in [0.15, 0.2) is 0 Å². The molecule has 0 spiro atoms. The van der Waals surface area contributed by atoms with Crippen LogP contribution in [0.5, 0.6) is 0 Å². The number of rotatable bonds is 2. The van der Waals surface area contributed by atoms with Gasteiger partial charge < -0.3 is 0 Å². The Morgan fingerprint density at radius 1 is 0.423 bits per heavy atom. The summed E-state index contributed by atoms with van der Waals surface area (Å²) in [7, 11) is 0. The van der Waals surface area contributed by atoms with Gasteiger partial charge in [0.2, 0.25) is 0 Å². The number of fused-ring (bicyclic) bond motifs is 2. The lowest BCUT2D eigenvalue weighted by molar-refractivity contribution is 0.876. The van der Waals surface area contributed by atoms with Crippen molar-refractivity contribution in [3.8, 4) is 0 Å². The monoisotopic (exact) mass is 340 g/mol. The Hall–Kier alpha value is -2.60. The van der Waals surface area contributed by atoms with Crippen molar-refractivity contribution >= 4 is 21.5 Å². The fourth-order valence-corrected chi connectivity index (χ4v) is 3.51. The number of hydrogen-bond acceptors (Lipinski definition) is 0. The van der Waals surface area contributed by atoms with Crippen LogP contribution in [0.3, 0.4) is 0 Å². The van der Waals surface area contributed by atoms with Gasteiger partial charge in [0.05, 0.1) is 0 Å². The molecule has 0 amide bonds. The second-order valence-electron chi connectivity index (χ2n) is 7.45. The second-order valence-corrected chi connectivity index (χ2v) is 7.45. The van der Waals surface area contributed by atoms with Crippen molar-refractivity contribution in [3.63, 3.8) is 0 Å². The molecule has 0 aliphatic heterocycles. The summed E-state index contributed by atoms with van der Waals surface area (Å²) in [5, 5.41) is 5.46. The van der Waals surface area contributed by atoms with Crippen LogP contribution in [0.15, 0.2) is 84.9 Å².